The minimum Gasteiger partial charge on any atom is -0.475 e. The van der Waals surface area contributed by atoms with Crippen molar-refractivity contribution in [3.63, 3.8) is 0 Å². The maximum absolute atomic E-state index is 14.2. The number of alkyl halides is 6. The standard InChI is InChI=1S/C35H32F3N5O2.C2HF3O2/c36-35(37,38)29-14-8-7-13-26(29)28-21-30-31(27-15-17-43(32(27)28)18-20-45-23-25-11-5-2-6-12-25)33(42-34(39)41-30)40-16-19-44-22-24-9-3-1-4-10-24;3-2(4,5)1(6)7/h1-15,17,21H,16,18-20,22-23H2,(H3,39,40,41,42);(H,6,7). The average molecular weight is 726 g/mol. The van der Waals surface area contributed by atoms with Crippen LogP contribution in [-0.4, -0.2) is 51.5 Å². The smallest absolute Gasteiger partial charge is 0.475 e. The van der Waals surface area contributed by atoms with Gasteiger partial charge in [-0.05, 0) is 34.9 Å². The van der Waals surface area contributed by atoms with Crippen LogP contribution >= 0.6 is 0 Å². The number of fused-ring (bicyclic) bond motifs is 3. The molecule has 15 heteroatoms. The number of nitrogens with two attached hydrogens (primary N) is 1. The first kappa shape index (κ1) is 37.6. The van der Waals surface area contributed by atoms with E-state index in [4.69, 9.17) is 25.1 Å². The summed E-state index contributed by atoms with van der Waals surface area (Å²) in [5, 5.41) is 11.8. The maximum atomic E-state index is 14.2. The van der Waals surface area contributed by atoms with Gasteiger partial charge >= 0.3 is 18.3 Å². The predicted octanol–water partition coefficient (Wildman–Crippen LogP) is 8.33. The molecule has 52 heavy (non-hydrogen) atoms. The number of nitrogens with zero attached hydrogens (tertiary/aromatic N) is 3. The van der Waals surface area contributed by atoms with Crippen LogP contribution in [0.3, 0.4) is 0 Å². The Morgan fingerprint density at radius 3 is 1.96 bits per heavy atom. The second-order valence-electron chi connectivity index (χ2n) is 11.4. The Bertz CT molecular complexity index is 2110. The van der Waals surface area contributed by atoms with Gasteiger partial charge in [-0.3, -0.25) is 0 Å². The number of halogens is 6. The second kappa shape index (κ2) is 16.6. The first-order valence-electron chi connectivity index (χ1n) is 15.9. The van der Waals surface area contributed by atoms with Gasteiger partial charge in [-0.25, -0.2) is 9.78 Å². The van der Waals surface area contributed by atoms with E-state index >= 15 is 0 Å². The summed E-state index contributed by atoms with van der Waals surface area (Å²) in [6.45, 7) is 2.53. The van der Waals surface area contributed by atoms with Crippen LogP contribution in [0.15, 0.2) is 103 Å². The Kier molecular flexibility index (Phi) is 12.0. The fraction of sp³-hybridized carbons (Fsp3) is 0.216. The Morgan fingerprint density at radius 2 is 1.37 bits per heavy atom. The van der Waals surface area contributed by atoms with Gasteiger partial charge in [0.1, 0.15) is 5.82 Å². The molecular weight excluding hydrogens is 692 g/mol. The SMILES string of the molecule is Nc1nc(NCCOCc2ccccc2)c2c(cc(-c3ccccc3C(F)(F)F)c3c2ccn3CCOCc2ccccc2)n1.O=C(O)C(F)(F)F. The monoisotopic (exact) mass is 725 g/mol. The first-order chi connectivity index (χ1) is 24.8. The van der Waals surface area contributed by atoms with Crippen LogP contribution in [0.2, 0.25) is 0 Å². The molecule has 0 saturated heterocycles. The lowest BCUT2D eigenvalue weighted by atomic mass is 9.95. The number of benzene rings is 4. The highest BCUT2D eigenvalue weighted by atomic mass is 19.4. The summed E-state index contributed by atoms with van der Waals surface area (Å²) in [6, 6.07) is 28.8. The molecule has 6 aromatic rings. The number of aromatic nitrogens is 3. The topological polar surface area (TPSA) is 125 Å². The molecule has 0 aliphatic heterocycles. The molecule has 9 nitrogen and oxygen atoms in total. The summed E-state index contributed by atoms with van der Waals surface area (Å²) in [4.78, 5) is 17.8. The van der Waals surface area contributed by atoms with Crippen molar-refractivity contribution in [2.45, 2.75) is 32.1 Å². The first-order valence-corrected chi connectivity index (χ1v) is 15.9. The van der Waals surface area contributed by atoms with Crippen molar-refractivity contribution < 1.29 is 45.7 Å². The summed E-state index contributed by atoms with van der Waals surface area (Å²) in [5.41, 5.74) is 9.00. The van der Waals surface area contributed by atoms with Gasteiger partial charge in [0.15, 0.2) is 0 Å². The maximum Gasteiger partial charge on any atom is 0.490 e. The van der Waals surface area contributed by atoms with E-state index in [1.165, 1.54) is 12.1 Å². The molecule has 0 radical (unpaired) electrons. The molecule has 0 spiro atoms. The van der Waals surface area contributed by atoms with Gasteiger partial charge < -0.3 is 30.2 Å². The zero-order valence-corrected chi connectivity index (χ0v) is 27.4. The van der Waals surface area contributed by atoms with Gasteiger partial charge in [0.05, 0.1) is 48.4 Å². The van der Waals surface area contributed by atoms with E-state index in [0.29, 0.717) is 72.7 Å². The molecule has 0 aliphatic carbocycles. The molecule has 0 aliphatic rings. The molecule has 0 amide bonds. The fourth-order valence-corrected chi connectivity index (χ4v) is 5.46. The van der Waals surface area contributed by atoms with Crippen molar-refractivity contribution in [2.75, 3.05) is 30.8 Å². The van der Waals surface area contributed by atoms with Crippen molar-refractivity contribution in [1.82, 2.24) is 14.5 Å². The van der Waals surface area contributed by atoms with E-state index < -0.39 is 23.9 Å². The number of nitrogens with one attached hydrogen (secondary N) is 1. The number of carboxylic acid groups (broad SMARTS) is 1. The number of hydrogen-bond donors (Lipinski definition) is 3. The normalized spacial score (nSPS) is 11.7. The molecule has 4 aromatic carbocycles. The number of nitrogen functional groups attached to an aromatic ring is 1. The predicted molar refractivity (Wildman–Crippen MR) is 184 cm³/mol. The van der Waals surface area contributed by atoms with E-state index in [9.17, 15) is 26.3 Å². The molecule has 2 aromatic heterocycles. The number of carbonyl (C=O) groups is 1. The van der Waals surface area contributed by atoms with E-state index in [2.05, 4.69) is 15.3 Å². The molecule has 0 fully saturated rings. The zero-order chi connectivity index (χ0) is 37.3. The third kappa shape index (κ3) is 9.56. The quantitative estimate of drug-likeness (QED) is 0.0850. The number of anilines is 2. The second-order valence-corrected chi connectivity index (χ2v) is 11.4. The average Bonchev–Trinajstić information content (AvgIpc) is 3.53. The van der Waals surface area contributed by atoms with E-state index in [-0.39, 0.29) is 11.5 Å². The highest BCUT2D eigenvalue weighted by Crippen LogP contribution is 2.43. The van der Waals surface area contributed by atoms with E-state index in [0.717, 1.165) is 17.2 Å². The molecule has 0 bridgehead atoms. The zero-order valence-electron chi connectivity index (χ0n) is 27.4. The fourth-order valence-electron chi connectivity index (χ4n) is 5.46. The minimum absolute atomic E-state index is 0.0124. The third-order valence-electron chi connectivity index (χ3n) is 7.73. The van der Waals surface area contributed by atoms with Crippen LogP contribution in [0.1, 0.15) is 16.7 Å². The lowest BCUT2D eigenvalue weighted by Crippen LogP contribution is -2.21. The number of ether oxygens (including phenoxy) is 2. The number of hydrogen-bond acceptors (Lipinski definition) is 7. The number of rotatable bonds is 12. The van der Waals surface area contributed by atoms with Crippen molar-refractivity contribution in [3.05, 3.63) is 120 Å². The summed E-state index contributed by atoms with van der Waals surface area (Å²) in [6.07, 6.45) is -7.77. The Morgan fingerprint density at radius 1 is 0.788 bits per heavy atom. The van der Waals surface area contributed by atoms with E-state index in [1.807, 2.05) is 77.5 Å². The highest BCUT2D eigenvalue weighted by Gasteiger charge is 2.38. The van der Waals surface area contributed by atoms with Crippen LogP contribution in [-0.2, 0) is 40.2 Å². The minimum atomic E-state index is -5.08. The molecule has 0 atom stereocenters. The third-order valence-corrected chi connectivity index (χ3v) is 7.73. The van der Waals surface area contributed by atoms with E-state index in [1.54, 1.807) is 12.1 Å². The van der Waals surface area contributed by atoms with Crippen molar-refractivity contribution in [2.24, 2.45) is 0 Å². The van der Waals surface area contributed by atoms with Gasteiger partial charge in [0, 0.05) is 30.2 Å². The van der Waals surface area contributed by atoms with Crippen LogP contribution in [0.25, 0.3) is 32.9 Å². The Balaban J connectivity index is 0.000000679. The molecule has 0 saturated carbocycles. The van der Waals surface area contributed by atoms with Crippen LogP contribution in [0.4, 0.5) is 38.1 Å². The number of carboxylic acids is 1. The highest BCUT2D eigenvalue weighted by molar-refractivity contribution is 6.16. The van der Waals surface area contributed by atoms with Crippen LogP contribution in [0, 0.1) is 0 Å². The molecule has 0 unspecified atom stereocenters. The van der Waals surface area contributed by atoms with Crippen molar-refractivity contribution in [3.8, 4) is 11.1 Å². The summed E-state index contributed by atoms with van der Waals surface area (Å²) >= 11 is 0. The van der Waals surface area contributed by atoms with Gasteiger partial charge in [-0.15, -0.1) is 0 Å². The van der Waals surface area contributed by atoms with Gasteiger partial charge in [0.2, 0.25) is 5.95 Å². The van der Waals surface area contributed by atoms with Crippen LogP contribution in [0.5, 0.6) is 0 Å². The Labute approximate surface area is 293 Å². The van der Waals surface area contributed by atoms with Gasteiger partial charge in [0.25, 0.3) is 0 Å². The Hall–Kier alpha value is -5.67. The van der Waals surface area contributed by atoms with Gasteiger partial charge in [-0.2, -0.15) is 31.3 Å². The summed E-state index contributed by atoms with van der Waals surface area (Å²) < 4.78 is 88.1. The lowest BCUT2D eigenvalue weighted by molar-refractivity contribution is -0.192. The lowest BCUT2D eigenvalue weighted by Gasteiger charge is -2.18. The molecule has 6 rings (SSSR count). The summed E-state index contributed by atoms with van der Waals surface area (Å²) in [7, 11) is 0. The largest absolute Gasteiger partial charge is 0.490 e. The molecule has 272 valence electrons. The van der Waals surface area contributed by atoms with Gasteiger partial charge in [-0.1, -0.05) is 78.9 Å². The molecule has 4 N–H and O–H groups in total. The summed E-state index contributed by atoms with van der Waals surface area (Å²) in [5.74, 6) is -2.26. The van der Waals surface area contributed by atoms with Crippen molar-refractivity contribution in [1.29, 1.82) is 0 Å². The van der Waals surface area contributed by atoms with Crippen LogP contribution < -0.4 is 11.1 Å². The number of aliphatic carboxylic acids is 1. The molecule has 2 heterocycles. The van der Waals surface area contributed by atoms with Crippen molar-refractivity contribution >= 4 is 39.5 Å². The molecular formula is C37H33F6N5O4.